The van der Waals surface area contributed by atoms with Crippen LogP contribution in [0, 0.1) is 5.92 Å². The maximum atomic E-state index is 15.1. The third-order valence-electron chi connectivity index (χ3n) is 22.0. The number of H-pyrrole nitrogens is 2. The summed E-state index contributed by atoms with van der Waals surface area (Å²) < 4.78 is 0. The van der Waals surface area contributed by atoms with Gasteiger partial charge in [0.05, 0.1) is 38.1 Å². The fourth-order valence-electron chi connectivity index (χ4n) is 15.1. The Labute approximate surface area is 755 Å². The number of phenolic OH excluding ortho intramolecular Hbond substituents is 3. The zero-order chi connectivity index (χ0) is 96.6. The number of aliphatic hydroxyl groups excluding tert-OH is 2. The maximum Gasteiger partial charge on any atom is 0.326 e. The molecule has 0 unspecified atom stereocenters. The van der Waals surface area contributed by atoms with E-state index in [0.717, 1.165) is 9.80 Å². The van der Waals surface area contributed by atoms with Gasteiger partial charge in [-0.1, -0.05) is 68.4 Å². The number of quaternary nitrogens is 1. The number of aromatic amines is 2. The molecule has 8 rings (SSSR count). The number of carbonyl (C=O) groups excluding carboxylic acids is 13. The Morgan fingerprint density at radius 2 is 0.856 bits per heavy atom. The van der Waals surface area contributed by atoms with Crippen molar-refractivity contribution in [1.29, 1.82) is 0 Å². The SMILES string of the molecule is CC(C)C[C@H](NC(=O)[C@H](CO)NC(=O)[C@H](CO)NC(=O)[C@H](CCC(=O)O)NC(=O)[C@H](Cc1ccc(O)cc1)NC(=O)[C@H](Cc1ccc(O)cc1)NC(=O)[C@H](CCCNC(N)N)NC(=O)[C@@H]([NH3+])Cc1c[nH]cn1)C(=O)N[C@@H](CCC(=O)O)C(=O)N1CCC[C@H]1C(=O)N[C@@H](Cc1c[nH]c2ccccc12)C(=O)N[C@@H](Cc1ccc(O)cc1)C(=O)N1CCC[C@H]1C(=O)N[C@@H](CC(=O)O)C(=O)O. The topological polar surface area (TPSA) is 747 Å². The number of benzene rings is 4. The number of phenols is 3. The Bertz CT molecular complexity index is 5020. The lowest BCUT2D eigenvalue weighted by Crippen LogP contribution is -2.70. The number of amides is 13. The van der Waals surface area contributed by atoms with Crippen LogP contribution in [0.2, 0.25) is 0 Å². The van der Waals surface area contributed by atoms with Gasteiger partial charge in [-0.2, -0.15) is 0 Å². The van der Waals surface area contributed by atoms with Gasteiger partial charge in [0.2, 0.25) is 70.9 Å². The summed E-state index contributed by atoms with van der Waals surface area (Å²) in [4.78, 5) is 249. The summed E-state index contributed by atoms with van der Waals surface area (Å²) in [6.07, 6.45) is -1.42. The first kappa shape index (κ1) is 103. The van der Waals surface area contributed by atoms with E-state index < -0.39 is 249 Å². The largest absolute Gasteiger partial charge is 0.508 e. The minimum absolute atomic E-state index is 0.00794. The van der Waals surface area contributed by atoms with Gasteiger partial charge in [0.15, 0.2) is 6.04 Å². The molecule has 132 heavy (non-hydrogen) atoms. The first-order valence-electron chi connectivity index (χ1n) is 42.8. The molecular formula is C86H115N20O26+. The summed E-state index contributed by atoms with van der Waals surface area (Å²) in [5.41, 5.74) is 17.9. The van der Waals surface area contributed by atoms with E-state index in [1.807, 2.05) is 0 Å². The molecule has 2 aromatic heterocycles. The molecule has 46 nitrogen and oxygen atoms in total. The standard InChI is InChI=1S/C86H114N20O26/c1-44(2)32-59(75(121)96-58(26-28-70(114)115)83(129)105-30-6-11-67(105)81(127)100-62(36-48-39-92-55-9-4-3-8-53(48)55)78(124)101-63(35-47-17-23-52(111)24-18-47)84(130)106-31-7-12-68(106)82(128)102-64(85(131)132)38-71(116)117)97-79(125)65(41-107)104-80(126)66(42-108)103-74(120)57(25-27-69(112)113)95-76(122)60(33-45-13-19-50(109)20-14-45)99-77(123)61(34-46-15-21-51(110)22-16-46)98-73(119)56(10-5-29-91-86(88)89)94-72(118)54(87)37-49-40-90-43-93-49/h3-4,8-9,13-24,39-40,43-44,54,56-68,86,91-92,107-111H,5-7,10-12,25-38,41-42,87-89H2,1-2H3,(H,90,93)(H,94,118)(H,95,122)(H,96,121)(H,97,125)(H,98,119)(H,99,123)(H,100,127)(H,101,124)(H,102,128)(H,103,120)(H,104,126)(H,112,113)(H,114,115)(H,116,117)(H,131,132)/p+1/t54-,56-,57-,58-,59-,60-,61-,62-,63-,64-,65-,66-,67-,68-/m0/s1. The molecule has 4 aromatic carbocycles. The summed E-state index contributed by atoms with van der Waals surface area (Å²) in [7, 11) is 0. The quantitative estimate of drug-likeness (QED) is 0.0125. The fraction of sp³-hybridized carbons (Fsp3) is 0.465. The summed E-state index contributed by atoms with van der Waals surface area (Å²) >= 11 is 0. The number of nitrogens with two attached hydrogens (primary N) is 2. The molecule has 0 spiro atoms. The molecule has 46 heteroatoms. The van der Waals surface area contributed by atoms with E-state index in [0.29, 0.717) is 33.3 Å². The van der Waals surface area contributed by atoms with Crippen LogP contribution >= 0.6 is 0 Å². The second kappa shape index (κ2) is 50.1. The Balaban J connectivity index is 0.974. The number of carboxylic acid groups (broad SMARTS) is 4. The van der Waals surface area contributed by atoms with Crippen molar-refractivity contribution in [2.75, 3.05) is 32.8 Å². The van der Waals surface area contributed by atoms with E-state index >= 15 is 9.59 Å². The van der Waals surface area contributed by atoms with E-state index in [9.17, 15) is 118 Å². The van der Waals surface area contributed by atoms with E-state index in [4.69, 9.17) is 11.5 Å². The lowest BCUT2D eigenvalue weighted by Gasteiger charge is -2.32. The van der Waals surface area contributed by atoms with Crippen LogP contribution in [0.5, 0.6) is 17.2 Å². The van der Waals surface area contributed by atoms with Crippen molar-refractivity contribution in [3.05, 3.63) is 144 Å². The minimum atomic E-state index is -2.09. The van der Waals surface area contributed by atoms with Gasteiger partial charge < -0.3 is 141 Å². The number of aromatic hydroxyl groups is 3. The predicted molar refractivity (Wildman–Crippen MR) is 464 cm³/mol. The number of hydrogen-bond acceptors (Lipinski definition) is 26. The van der Waals surface area contributed by atoms with Crippen LogP contribution in [-0.4, -0.2) is 295 Å². The molecule has 714 valence electrons. The third kappa shape index (κ3) is 31.6. The molecule has 2 aliphatic rings. The van der Waals surface area contributed by atoms with Gasteiger partial charge in [-0.15, -0.1) is 0 Å². The van der Waals surface area contributed by atoms with Gasteiger partial charge >= 0.3 is 23.9 Å². The molecule has 4 heterocycles. The smallest absolute Gasteiger partial charge is 0.326 e. The lowest BCUT2D eigenvalue weighted by molar-refractivity contribution is -0.403. The number of carboxylic acids is 4. The molecule has 6 aromatic rings. The Kier molecular flexibility index (Phi) is 39.1. The number of imidazole rings is 1. The minimum Gasteiger partial charge on any atom is -0.508 e. The molecule has 0 radical (unpaired) electrons. The number of aliphatic hydroxyl groups is 2. The van der Waals surface area contributed by atoms with Gasteiger partial charge in [-0.05, 0) is 135 Å². The molecule has 2 fully saturated rings. The number of para-hydroxylation sites is 1. The summed E-state index contributed by atoms with van der Waals surface area (Å²) in [6.45, 7) is 0.639. The van der Waals surface area contributed by atoms with E-state index in [1.54, 1.807) is 50.5 Å². The van der Waals surface area contributed by atoms with Crippen molar-refractivity contribution in [2.24, 2.45) is 17.4 Å². The number of aromatic nitrogens is 3. The summed E-state index contributed by atoms with van der Waals surface area (Å²) in [6, 6.07) is 0.245. The van der Waals surface area contributed by atoms with Crippen LogP contribution in [0.15, 0.2) is 116 Å². The van der Waals surface area contributed by atoms with Crippen LogP contribution in [0.1, 0.15) is 119 Å². The van der Waals surface area contributed by atoms with Crippen LogP contribution < -0.4 is 81.0 Å². The van der Waals surface area contributed by atoms with Gasteiger partial charge in [0, 0.05) is 74.9 Å². The van der Waals surface area contributed by atoms with E-state index in [1.165, 1.54) is 79.1 Å². The van der Waals surface area contributed by atoms with Crippen molar-refractivity contribution >= 4 is 112 Å². The molecule has 0 aliphatic carbocycles. The molecule has 14 atom stereocenters. The maximum absolute atomic E-state index is 15.1. The number of aliphatic carboxylic acids is 4. The van der Waals surface area contributed by atoms with E-state index in [2.05, 4.69) is 84.5 Å². The molecular weight excluding hydrogens is 1730 g/mol. The first-order chi connectivity index (χ1) is 62.8. The molecule has 13 amide bonds. The van der Waals surface area contributed by atoms with E-state index in [-0.39, 0.29) is 113 Å². The number of nitrogens with zero attached hydrogens (tertiary/aromatic N) is 3. The molecule has 0 saturated carbocycles. The Morgan fingerprint density at radius 3 is 1.32 bits per heavy atom. The zero-order valence-electron chi connectivity index (χ0n) is 72.4. The first-order valence-corrected chi connectivity index (χ1v) is 42.8. The molecule has 30 N–H and O–H groups in total. The fourth-order valence-corrected chi connectivity index (χ4v) is 15.1. The molecule has 2 saturated heterocycles. The molecule has 0 bridgehead atoms. The lowest BCUT2D eigenvalue weighted by atomic mass is 10.0. The monoisotopic (exact) mass is 1840 g/mol. The van der Waals surface area contributed by atoms with Gasteiger partial charge in [0.25, 0.3) is 5.91 Å². The zero-order valence-corrected chi connectivity index (χ0v) is 72.4. The number of carbonyl (C=O) groups is 17. The second-order valence-corrected chi connectivity index (χ2v) is 32.6. The van der Waals surface area contributed by atoms with Gasteiger partial charge in [-0.3, -0.25) is 82.0 Å². The number of rotatable bonds is 52. The van der Waals surface area contributed by atoms with Crippen molar-refractivity contribution in [3.8, 4) is 17.2 Å². The average Bonchev–Trinajstić information content (AvgIpc) is 1.65. The van der Waals surface area contributed by atoms with Crippen LogP contribution in [0.4, 0.5) is 0 Å². The number of nitrogens with one attached hydrogen (secondary N) is 14. The summed E-state index contributed by atoms with van der Waals surface area (Å²) in [5.74, 6) is -20.8. The normalized spacial score (nSPS) is 16.3. The highest BCUT2D eigenvalue weighted by Gasteiger charge is 2.44. The number of hydrogen-bond donors (Lipinski definition) is 26. The summed E-state index contributed by atoms with van der Waals surface area (Å²) in [5, 5.41) is 121. The van der Waals surface area contributed by atoms with Gasteiger partial charge in [-0.25, -0.2) is 9.78 Å². The third-order valence-corrected chi connectivity index (χ3v) is 22.0. The van der Waals surface area contributed by atoms with Crippen LogP contribution in [-0.2, 0) is 114 Å². The van der Waals surface area contributed by atoms with Crippen molar-refractivity contribution in [3.63, 3.8) is 0 Å². The highest BCUT2D eigenvalue weighted by Crippen LogP contribution is 2.26. The van der Waals surface area contributed by atoms with Gasteiger partial charge in [0.1, 0.15) is 102 Å². The predicted octanol–water partition coefficient (Wildman–Crippen LogP) is -5.66. The second-order valence-electron chi connectivity index (χ2n) is 32.6. The van der Waals surface area contributed by atoms with Crippen molar-refractivity contribution in [1.82, 2.24) is 88.6 Å². The highest BCUT2D eigenvalue weighted by atomic mass is 16.4. The Morgan fingerprint density at radius 1 is 0.455 bits per heavy atom. The number of likely N-dealkylation sites (tertiary alicyclic amines) is 2. The Hall–Kier alpha value is -14.2. The molecule has 2 aliphatic heterocycles. The van der Waals surface area contributed by atoms with Crippen LogP contribution in [0.3, 0.4) is 0 Å². The average molecular weight is 1840 g/mol. The highest BCUT2D eigenvalue weighted by molar-refractivity contribution is 6.01. The van der Waals surface area contributed by atoms with Crippen molar-refractivity contribution in [2.45, 2.75) is 214 Å². The van der Waals surface area contributed by atoms with Crippen LogP contribution in [0.25, 0.3) is 10.9 Å². The van der Waals surface area contributed by atoms with Crippen molar-refractivity contribution < 1.29 is 133 Å². The number of fused-ring (bicyclic) bond motifs is 1.